The van der Waals surface area contributed by atoms with Gasteiger partial charge in [-0.05, 0) is 50.4 Å². The molecule has 3 heteroatoms. The zero-order chi connectivity index (χ0) is 17.4. The van der Waals surface area contributed by atoms with Gasteiger partial charge in [-0.15, -0.1) is 0 Å². The highest BCUT2D eigenvalue weighted by Gasteiger charge is 2.59. The van der Waals surface area contributed by atoms with E-state index in [0.29, 0.717) is 6.42 Å². The molecule has 0 saturated heterocycles. The molecule has 2 fully saturated rings. The molecule has 3 nitrogen and oxygen atoms in total. The Labute approximate surface area is 139 Å². The molecular formula is C20H28O3. The normalized spacial score (nSPS) is 38.1. The second-order valence-corrected chi connectivity index (χ2v) is 7.81. The number of ketones is 1. The fourth-order valence-electron chi connectivity index (χ4n) is 4.90. The first-order valence-corrected chi connectivity index (χ1v) is 8.37. The number of fused-ring (bicyclic) bond motifs is 1. The fraction of sp³-hybridized carbons (Fsp3) is 0.600. The van der Waals surface area contributed by atoms with E-state index in [0.717, 1.165) is 30.4 Å². The van der Waals surface area contributed by atoms with Crippen molar-refractivity contribution in [3.63, 3.8) is 0 Å². The van der Waals surface area contributed by atoms with Gasteiger partial charge in [0.05, 0.1) is 5.41 Å². The number of carbonyl (C=O) groups is 2. The lowest BCUT2D eigenvalue weighted by Crippen LogP contribution is -2.55. The third kappa shape index (κ3) is 2.93. The van der Waals surface area contributed by atoms with Gasteiger partial charge in [-0.3, -0.25) is 9.59 Å². The molecule has 0 aliphatic heterocycles. The smallest absolute Gasteiger partial charge is 0.310 e. The zero-order valence-corrected chi connectivity index (χ0v) is 14.5. The van der Waals surface area contributed by atoms with E-state index < -0.39 is 11.4 Å². The predicted molar refractivity (Wildman–Crippen MR) is 92.0 cm³/mol. The number of carbonyl (C=O) groups excluding carboxylic acids is 1. The molecule has 0 aromatic heterocycles. The van der Waals surface area contributed by atoms with Crippen LogP contribution >= 0.6 is 0 Å². The number of allylic oxidation sites excluding steroid dienone is 4. The molecule has 0 spiro atoms. The molecule has 0 aromatic rings. The average molecular weight is 316 g/mol. The number of rotatable bonds is 4. The van der Waals surface area contributed by atoms with Crippen LogP contribution in [0.25, 0.3) is 0 Å². The average Bonchev–Trinajstić information content (AvgIpc) is 2.44. The fourth-order valence-corrected chi connectivity index (χ4v) is 4.90. The Morgan fingerprint density at radius 1 is 1.39 bits per heavy atom. The van der Waals surface area contributed by atoms with Crippen molar-refractivity contribution in [2.45, 2.75) is 52.9 Å². The van der Waals surface area contributed by atoms with E-state index >= 15 is 0 Å². The Morgan fingerprint density at radius 3 is 2.61 bits per heavy atom. The first kappa shape index (κ1) is 17.7. The van der Waals surface area contributed by atoms with E-state index in [1.54, 1.807) is 6.92 Å². The van der Waals surface area contributed by atoms with E-state index in [2.05, 4.69) is 26.2 Å². The summed E-state index contributed by atoms with van der Waals surface area (Å²) in [5.74, 6) is -0.610. The summed E-state index contributed by atoms with van der Waals surface area (Å²) in [6, 6.07) is 0. The molecule has 1 N–H and O–H groups in total. The molecule has 0 bridgehead atoms. The van der Waals surface area contributed by atoms with Crippen LogP contribution in [-0.2, 0) is 9.59 Å². The predicted octanol–water partition coefficient (Wildman–Crippen LogP) is 4.55. The second-order valence-electron chi connectivity index (χ2n) is 7.81. The molecule has 0 aromatic carbocycles. The lowest BCUT2D eigenvalue weighted by Gasteiger charge is -2.56. The summed E-state index contributed by atoms with van der Waals surface area (Å²) < 4.78 is 0. The number of carboxylic acids is 1. The van der Waals surface area contributed by atoms with Crippen LogP contribution in [-0.4, -0.2) is 16.9 Å². The maximum Gasteiger partial charge on any atom is 0.310 e. The molecule has 0 radical (unpaired) electrons. The van der Waals surface area contributed by atoms with Crippen LogP contribution < -0.4 is 0 Å². The van der Waals surface area contributed by atoms with Crippen molar-refractivity contribution in [3.05, 3.63) is 36.5 Å². The summed E-state index contributed by atoms with van der Waals surface area (Å²) >= 11 is 0. The molecule has 2 aliphatic rings. The summed E-state index contributed by atoms with van der Waals surface area (Å²) in [5, 5.41) is 9.78. The quantitative estimate of drug-likeness (QED) is 0.611. The van der Waals surface area contributed by atoms with Gasteiger partial charge in [0.1, 0.15) is 5.78 Å². The van der Waals surface area contributed by atoms with Gasteiger partial charge < -0.3 is 5.11 Å². The van der Waals surface area contributed by atoms with Crippen LogP contribution in [0.3, 0.4) is 0 Å². The van der Waals surface area contributed by atoms with E-state index in [-0.39, 0.29) is 29.5 Å². The minimum Gasteiger partial charge on any atom is -0.481 e. The lowest BCUT2D eigenvalue weighted by molar-refractivity contribution is -0.168. The third-order valence-corrected chi connectivity index (χ3v) is 6.24. The van der Waals surface area contributed by atoms with Gasteiger partial charge in [-0.2, -0.15) is 0 Å². The number of aliphatic carboxylic acids is 1. The van der Waals surface area contributed by atoms with Gasteiger partial charge in [-0.1, -0.05) is 43.4 Å². The molecule has 0 amide bonds. The van der Waals surface area contributed by atoms with E-state index in [1.165, 1.54) is 0 Å². The second kappa shape index (κ2) is 6.10. The highest BCUT2D eigenvalue weighted by atomic mass is 16.4. The molecule has 2 aliphatic carbocycles. The van der Waals surface area contributed by atoms with Crippen LogP contribution in [0.2, 0.25) is 0 Å². The molecule has 23 heavy (non-hydrogen) atoms. The van der Waals surface area contributed by atoms with Crippen molar-refractivity contribution in [3.8, 4) is 0 Å². The summed E-state index contributed by atoms with van der Waals surface area (Å²) in [4.78, 5) is 24.3. The van der Waals surface area contributed by atoms with Crippen molar-refractivity contribution in [2.75, 3.05) is 0 Å². The van der Waals surface area contributed by atoms with E-state index in [4.69, 9.17) is 0 Å². The zero-order valence-electron chi connectivity index (χ0n) is 14.5. The molecule has 126 valence electrons. The molecular weight excluding hydrogens is 288 g/mol. The maximum absolute atomic E-state index is 12.4. The van der Waals surface area contributed by atoms with Crippen LogP contribution in [0.15, 0.2) is 36.5 Å². The van der Waals surface area contributed by atoms with E-state index in [9.17, 15) is 14.7 Å². The van der Waals surface area contributed by atoms with E-state index in [1.807, 2.05) is 13.0 Å². The lowest BCUT2D eigenvalue weighted by atomic mass is 9.46. The highest BCUT2D eigenvalue weighted by molar-refractivity contribution is 5.88. The van der Waals surface area contributed by atoms with Crippen molar-refractivity contribution in [1.29, 1.82) is 0 Å². The Bertz CT molecular complexity index is 586. The van der Waals surface area contributed by atoms with Gasteiger partial charge in [0.2, 0.25) is 0 Å². The van der Waals surface area contributed by atoms with Crippen molar-refractivity contribution in [2.24, 2.45) is 22.7 Å². The van der Waals surface area contributed by atoms with Gasteiger partial charge in [0.25, 0.3) is 0 Å². The highest BCUT2D eigenvalue weighted by Crippen LogP contribution is 2.61. The maximum atomic E-state index is 12.4. The molecule has 4 atom stereocenters. The number of hydrogen-bond donors (Lipinski definition) is 1. The number of Topliss-reactive ketones (excluding diaryl/α,β-unsaturated/α-hetero) is 1. The van der Waals surface area contributed by atoms with Gasteiger partial charge in [0.15, 0.2) is 0 Å². The largest absolute Gasteiger partial charge is 0.481 e. The molecule has 0 heterocycles. The van der Waals surface area contributed by atoms with Crippen molar-refractivity contribution in [1.82, 2.24) is 0 Å². The van der Waals surface area contributed by atoms with Crippen molar-refractivity contribution < 1.29 is 14.7 Å². The van der Waals surface area contributed by atoms with Gasteiger partial charge in [0, 0.05) is 12.8 Å². The summed E-state index contributed by atoms with van der Waals surface area (Å²) in [5.41, 5.74) is 0.974. The van der Waals surface area contributed by atoms with Crippen molar-refractivity contribution >= 4 is 11.8 Å². The Balaban J connectivity index is 2.44. The molecule has 2 saturated carbocycles. The summed E-state index contributed by atoms with van der Waals surface area (Å²) in [7, 11) is 0. The van der Waals surface area contributed by atoms with Crippen LogP contribution in [0, 0.1) is 22.7 Å². The Hall–Kier alpha value is -1.64. The standard InChI is InChI=1S/C20H28O3/c1-6-13(2)7-9-16-14(3)8-10-17-19(16,4)11-15(21)12-20(17,5)18(22)23/h6-7,16-17H,1,3,8-12H2,2,4-5H3,(H,22,23)/b13-7-/t16-,17-,19+,20+/m1/s1. The number of hydrogen-bond acceptors (Lipinski definition) is 2. The van der Waals surface area contributed by atoms with Crippen LogP contribution in [0.1, 0.15) is 52.9 Å². The van der Waals surface area contributed by atoms with Gasteiger partial charge >= 0.3 is 5.97 Å². The first-order chi connectivity index (χ1) is 10.6. The monoisotopic (exact) mass is 316 g/mol. The topological polar surface area (TPSA) is 54.4 Å². The Kier molecular flexibility index (Phi) is 4.70. The summed E-state index contributed by atoms with van der Waals surface area (Å²) in [6.07, 6.45) is 7.03. The first-order valence-electron chi connectivity index (χ1n) is 8.37. The SMILES string of the molecule is C=C/C(C)=C\C[C@@H]1C(=C)CC[C@@H]2[C@@]1(C)CC(=O)C[C@]2(C)C(=O)O. The summed E-state index contributed by atoms with van der Waals surface area (Å²) in [6.45, 7) is 13.9. The number of carboxylic acid groups (broad SMARTS) is 1. The Morgan fingerprint density at radius 2 is 2.04 bits per heavy atom. The van der Waals surface area contributed by atoms with Crippen LogP contribution in [0.4, 0.5) is 0 Å². The molecule has 0 unspecified atom stereocenters. The third-order valence-electron chi connectivity index (χ3n) is 6.24. The van der Waals surface area contributed by atoms with Gasteiger partial charge in [-0.25, -0.2) is 0 Å². The van der Waals surface area contributed by atoms with Crippen LogP contribution in [0.5, 0.6) is 0 Å². The minimum atomic E-state index is -0.958. The molecule has 2 rings (SSSR count). The minimum absolute atomic E-state index is 0.0122.